The maximum atomic E-state index is 14.8. The summed E-state index contributed by atoms with van der Waals surface area (Å²) in [4.78, 5) is 37.9. The van der Waals surface area contributed by atoms with E-state index >= 15 is 0 Å². The van der Waals surface area contributed by atoms with Gasteiger partial charge in [0.2, 0.25) is 11.7 Å². The van der Waals surface area contributed by atoms with E-state index in [1.165, 1.54) is 31.6 Å². The lowest BCUT2D eigenvalue weighted by molar-refractivity contribution is -0.122. The molecule has 2 aromatic heterocycles. The Morgan fingerprint density at radius 1 is 1.09 bits per heavy atom. The maximum Gasteiger partial charge on any atom is 0.251 e. The Labute approximate surface area is 264 Å². The fraction of sp³-hybridized carbons (Fsp3) is 0.323. The van der Waals surface area contributed by atoms with Gasteiger partial charge in [-0.3, -0.25) is 19.0 Å². The normalized spacial score (nSPS) is 12.3. The standard InChI is InChI=1S/C31H38F2N10O3/c1-4-18-13-19(5-6-20(18)29(44)40-14-17(2)15-41-30(45)22(34)9-10-38-31(35)36)42-27-28-39-16-23(43(28)12-11-37-27)21-7-8-24(46-3)26(33)25(21)32/h5-8,11-13,16-17,22H,4,9-10,14-15,34H2,1-3H3,(H,37,42)(H,40,44)(H,41,45)(H4,35,36,38). The van der Waals surface area contributed by atoms with Crippen molar-refractivity contribution in [1.29, 1.82) is 0 Å². The highest BCUT2D eigenvalue weighted by molar-refractivity contribution is 5.96. The number of amides is 2. The van der Waals surface area contributed by atoms with Crippen molar-refractivity contribution in [2.45, 2.75) is 32.7 Å². The van der Waals surface area contributed by atoms with Gasteiger partial charge in [0.15, 0.2) is 29.0 Å². The van der Waals surface area contributed by atoms with Gasteiger partial charge in [-0.05, 0) is 54.7 Å². The Hall–Kier alpha value is -5.31. The van der Waals surface area contributed by atoms with Gasteiger partial charge in [0.1, 0.15) is 0 Å². The van der Waals surface area contributed by atoms with Crippen molar-refractivity contribution in [3.63, 3.8) is 0 Å². The predicted molar refractivity (Wildman–Crippen MR) is 172 cm³/mol. The second kappa shape index (κ2) is 15.1. The van der Waals surface area contributed by atoms with Gasteiger partial charge in [0, 0.05) is 48.8 Å². The molecule has 2 amide bonds. The minimum Gasteiger partial charge on any atom is -0.494 e. The summed E-state index contributed by atoms with van der Waals surface area (Å²) in [5, 5.41) is 8.92. The fourth-order valence-corrected chi connectivity index (χ4v) is 4.72. The summed E-state index contributed by atoms with van der Waals surface area (Å²) in [6.45, 7) is 4.74. The smallest absolute Gasteiger partial charge is 0.251 e. The predicted octanol–water partition coefficient (Wildman–Crippen LogP) is 2.46. The van der Waals surface area contributed by atoms with E-state index in [-0.39, 0.29) is 41.5 Å². The van der Waals surface area contributed by atoms with Crippen molar-refractivity contribution in [1.82, 2.24) is 25.0 Å². The molecule has 0 aliphatic rings. The monoisotopic (exact) mass is 636 g/mol. The number of hydrogen-bond donors (Lipinski definition) is 6. The average molecular weight is 637 g/mol. The molecule has 0 fully saturated rings. The number of rotatable bonds is 14. The topological polar surface area (TPSA) is 200 Å². The summed E-state index contributed by atoms with van der Waals surface area (Å²) < 4.78 is 35.7. The minimum absolute atomic E-state index is 0.0198. The molecule has 0 aliphatic heterocycles. The number of halogens is 2. The highest BCUT2D eigenvalue weighted by atomic mass is 19.2. The highest BCUT2D eigenvalue weighted by Gasteiger charge is 2.20. The highest BCUT2D eigenvalue weighted by Crippen LogP contribution is 2.31. The van der Waals surface area contributed by atoms with Crippen LogP contribution >= 0.6 is 0 Å². The number of fused-ring (bicyclic) bond motifs is 1. The Morgan fingerprint density at radius 2 is 1.85 bits per heavy atom. The molecule has 4 aromatic rings. The van der Waals surface area contributed by atoms with E-state index in [1.807, 2.05) is 19.9 Å². The van der Waals surface area contributed by atoms with Gasteiger partial charge in [-0.2, -0.15) is 4.39 Å². The van der Waals surface area contributed by atoms with Gasteiger partial charge in [-0.15, -0.1) is 0 Å². The lowest BCUT2D eigenvalue weighted by Crippen LogP contribution is -2.44. The molecule has 2 atom stereocenters. The van der Waals surface area contributed by atoms with Gasteiger partial charge in [0.05, 0.1) is 25.0 Å². The lowest BCUT2D eigenvalue weighted by atomic mass is 10.0. The van der Waals surface area contributed by atoms with Crippen molar-refractivity contribution >= 4 is 34.9 Å². The number of nitrogens with one attached hydrogen (secondary N) is 3. The van der Waals surface area contributed by atoms with Crippen LogP contribution in [0.5, 0.6) is 5.75 Å². The van der Waals surface area contributed by atoms with Crippen molar-refractivity contribution in [2.75, 3.05) is 32.1 Å². The first kappa shape index (κ1) is 33.6. The Bertz CT molecular complexity index is 1740. The van der Waals surface area contributed by atoms with Gasteiger partial charge < -0.3 is 37.9 Å². The van der Waals surface area contributed by atoms with Crippen molar-refractivity contribution in [3.8, 4) is 17.0 Å². The van der Waals surface area contributed by atoms with Gasteiger partial charge in [-0.1, -0.05) is 13.8 Å². The molecule has 2 unspecified atom stereocenters. The number of carbonyl (C=O) groups excluding carboxylic acids is 2. The first-order chi connectivity index (χ1) is 22.0. The van der Waals surface area contributed by atoms with Crippen LogP contribution in [-0.2, 0) is 11.2 Å². The number of imidazole rings is 1. The number of aromatic nitrogens is 3. The number of aliphatic imine (C=N–C) groups is 1. The molecule has 0 bridgehead atoms. The number of methoxy groups -OCH3 is 1. The summed E-state index contributed by atoms with van der Waals surface area (Å²) in [6, 6.07) is 7.34. The number of benzene rings is 2. The summed E-state index contributed by atoms with van der Waals surface area (Å²) in [6.07, 6.45) is 5.44. The molecule has 0 aliphatic carbocycles. The molecular weight excluding hydrogens is 598 g/mol. The molecule has 13 nitrogen and oxygen atoms in total. The van der Waals surface area contributed by atoms with E-state index in [2.05, 4.69) is 30.9 Å². The van der Waals surface area contributed by atoms with Crippen molar-refractivity contribution in [2.24, 2.45) is 28.1 Å². The summed E-state index contributed by atoms with van der Waals surface area (Å²) in [5.41, 5.74) is 19.1. The molecule has 0 radical (unpaired) electrons. The first-order valence-electron chi connectivity index (χ1n) is 14.6. The van der Waals surface area contributed by atoms with E-state index < -0.39 is 17.7 Å². The second-order valence-corrected chi connectivity index (χ2v) is 10.7. The van der Waals surface area contributed by atoms with Crippen LogP contribution in [-0.4, -0.2) is 64.9 Å². The van der Waals surface area contributed by atoms with Crippen LogP contribution < -0.4 is 37.9 Å². The molecular formula is C31H38F2N10O3. The fourth-order valence-electron chi connectivity index (χ4n) is 4.72. The SMILES string of the molecule is CCc1cc(Nc2nccn3c(-c4ccc(OC)c(F)c4F)cnc23)ccc1C(=O)NCC(C)CNC(=O)C(N)CCN=C(N)N. The van der Waals surface area contributed by atoms with Crippen LogP contribution in [0.15, 0.2) is 53.9 Å². The molecule has 0 spiro atoms. The van der Waals surface area contributed by atoms with Crippen LogP contribution in [0.2, 0.25) is 0 Å². The van der Waals surface area contributed by atoms with Crippen LogP contribution in [0.4, 0.5) is 20.3 Å². The number of hydrogen-bond acceptors (Lipinski definition) is 8. The zero-order valence-corrected chi connectivity index (χ0v) is 25.8. The molecule has 15 heteroatoms. The number of guanidine groups is 1. The number of anilines is 2. The van der Waals surface area contributed by atoms with Crippen LogP contribution in [0.3, 0.4) is 0 Å². The van der Waals surface area contributed by atoms with E-state index in [0.29, 0.717) is 54.3 Å². The molecule has 9 N–H and O–H groups in total. The minimum atomic E-state index is -1.09. The van der Waals surface area contributed by atoms with Crippen LogP contribution in [0.25, 0.3) is 16.9 Å². The zero-order valence-electron chi connectivity index (χ0n) is 25.8. The Morgan fingerprint density at radius 3 is 2.57 bits per heavy atom. The van der Waals surface area contributed by atoms with Crippen LogP contribution in [0, 0.1) is 17.6 Å². The largest absolute Gasteiger partial charge is 0.494 e. The number of carbonyl (C=O) groups is 2. The molecule has 4 rings (SSSR count). The molecule has 2 heterocycles. The molecule has 244 valence electrons. The average Bonchev–Trinajstić information content (AvgIpc) is 3.48. The molecule has 0 saturated carbocycles. The molecule has 2 aromatic carbocycles. The van der Waals surface area contributed by atoms with Gasteiger partial charge in [-0.25, -0.2) is 14.4 Å². The zero-order chi connectivity index (χ0) is 33.4. The van der Waals surface area contributed by atoms with E-state index in [4.69, 9.17) is 21.9 Å². The van der Waals surface area contributed by atoms with Gasteiger partial charge in [0.25, 0.3) is 5.91 Å². The van der Waals surface area contributed by atoms with Crippen molar-refractivity contribution < 1.29 is 23.1 Å². The van der Waals surface area contributed by atoms with E-state index in [0.717, 1.165) is 5.56 Å². The molecule has 0 saturated heterocycles. The van der Waals surface area contributed by atoms with Crippen molar-refractivity contribution in [3.05, 3.63) is 71.7 Å². The number of nitrogens with zero attached hydrogens (tertiary/aromatic N) is 4. The second-order valence-electron chi connectivity index (χ2n) is 10.7. The van der Waals surface area contributed by atoms with E-state index in [9.17, 15) is 18.4 Å². The third kappa shape index (κ3) is 7.85. The van der Waals surface area contributed by atoms with Gasteiger partial charge >= 0.3 is 0 Å². The third-order valence-corrected chi connectivity index (χ3v) is 7.27. The lowest BCUT2D eigenvalue weighted by Gasteiger charge is -2.17. The Balaban J connectivity index is 1.40. The molecule has 46 heavy (non-hydrogen) atoms. The van der Waals surface area contributed by atoms with Crippen LogP contribution in [0.1, 0.15) is 36.2 Å². The number of aryl methyl sites for hydroxylation is 1. The van der Waals surface area contributed by atoms with E-state index in [1.54, 1.807) is 22.7 Å². The quantitative estimate of drug-likeness (QED) is 0.0889. The number of nitrogens with two attached hydrogens (primary N) is 3. The first-order valence-corrected chi connectivity index (χ1v) is 14.6. The number of ether oxygens (including phenoxy) is 1. The summed E-state index contributed by atoms with van der Waals surface area (Å²) >= 11 is 0. The Kier molecular flexibility index (Phi) is 11.0. The summed E-state index contributed by atoms with van der Waals surface area (Å²) in [7, 11) is 1.27. The maximum absolute atomic E-state index is 14.8. The third-order valence-electron chi connectivity index (χ3n) is 7.27. The summed E-state index contributed by atoms with van der Waals surface area (Å²) in [5.74, 6) is -2.63.